The van der Waals surface area contributed by atoms with Gasteiger partial charge in [-0.1, -0.05) is 11.3 Å². The van der Waals surface area contributed by atoms with E-state index in [-0.39, 0.29) is 18.3 Å². The van der Waals surface area contributed by atoms with Crippen molar-refractivity contribution in [2.75, 3.05) is 18.0 Å². The number of thiophene rings is 1. The van der Waals surface area contributed by atoms with E-state index in [1.54, 1.807) is 29.7 Å². The fourth-order valence-electron chi connectivity index (χ4n) is 4.34. The Labute approximate surface area is 200 Å². The van der Waals surface area contributed by atoms with Crippen LogP contribution in [0.5, 0.6) is 0 Å². The van der Waals surface area contributed by atoms with Crippen molar-refractivity contribution in [3.8, 4) is 10.6 Å². The Morgan fingerprint density at radius 1 is 1.38 bits per heavy atom. The van der Waals surface area contributed by atoms with Crippen LogP contribution in [0.3, 0.4) is 0 Å². The molecule has 3 aromatic rings. The van der Waals surface area contributed by atoms with Gasteiger partial charge >= 0.3 is 0 Å². The number of fused-ring (bicyclic) bond motifs is 1. The van der Waals surface area contributed by atoms with Crippen molar-refractivity contribution in [1.82, 2.24) is 15.0 Å². The highest BCUT2D eigenvalue weighted by molar-refractivity contribution is 7.13. The highest BCUT2D eigenvalue weighted by Gasteiger charge is 2.34. The third-order valence-electron chi connectivity index (χ3n) is 6.06. The molecule has 4 heterocycles. The van der Waals surface area contributed by atoms with Gasteiger partial charge < -0.3 is 4.90 Å². The summed E-state index contributed by atoms with van der Waals surface area (Å²) >= 11 is 1.55. The van der Waals surface area contributed by atoms with Crippen LogP contribution >= 0.6 is 11.3 Å². The Bertz CT molecular complexity index is 1320. The second-order valence-electron chi connectivity index (χ2n) is 8.55. The molecule has 0 saturated carbocycles. The topological polar surface area (TPSA) is 54.0 Å². The van der Waals surface area contributed by atoms with Gasteiger partial charge in [-0.25, -0.2) is 18.0 Å². The molecule has 6 nitrogen and oxygen atoms in total. The minimum absolute atomic E-state index is 0.144. The standard InChI is InChI=1S/C25H24F2N5OS/c1-16(26)13-31-22-5-3-4-20(27)19(22)6-7-23(25(31)33)32-14-21(28-29-32)24-12-18(15-34-24)17-8-10-30(2)11-9-17/h3-5,8-10,12,14-16,23H,2,6-7,11,13H2,1H3/q+1. The van der Waals surface area contributed by atoms with Gasteiger partial charge in [-0.05, 0) is 60.6 Å². The van der Waals surface area contributed by atoms with Gasteiger partial charge in [-0.15, -0.1) is 16.4 Å². The monoisotopic (exact) mass is 480 g/mol. The van der Waals surface area contributed by atoms with E-state index in [1.165, 1.54) is 22.6 Å². The van der Waals surface area contributed by atoms with Crippen molar-refractivity contribution >= 4 is 35.2 Å². The first kappa shape index (κ1) is 22.3. The third-order valence-corrected chi connectivity index (χ3v) is 7.02. The Kier molecular flexibility index (Phi) is 5.95. The van der Waals surface area contributed by atoms with Crippen LogP contribution in [0.2, 0.25) is 0 Å². The number of carbonyl (C=O) groups excluding carboxylic acids is 1. The predicted molar refractivity (Wildman–Crippen MR) is 129 cm³/mol. The van der Waals surface area contributed by atoms with E-state index < -0.39 is 12.2 Å². The van der Waals surface area contributed by atoms with Gasteiger partial charge in [0, 0.05) is 17.3 Å². The molecule has 174 valence electrons. The largest absolute Gasteiger partial charge is 0.307 e. The van der Waals surface area contributed by atoms with Gasteiger partial charge in [0.1, 0.15) is 30.4 Å². The van der Waals surface area contributed by atoms with Gasteiger partial charge in [0.2, 0.25) is 0 Å². The second-order valence-corrected chi connectivity index (χ2v) is 9.46. The first-order chi connectivity index (χ1) is 16.4. The summed E-state index contributed by atoms with van der Waals surface area (Å²) in [5, 5.41) is 10.6. The van der Waals surface area contributed by atoms with Crippen LogP contribution in [-0.2, 0) is 11.2 Å². The molecule has 34 heavy (non-hydrogen) atoms. The molecule has 1 amide bonds. The van der Waals surface area contributed by atoms with Crippen LogP contribution in [0, 0.1) is 5.82 Å². The zero-order valence-electron chi connectivity index (χ0n) is 18.7. The number of hydrogen-bond donors (Lipinski definition) is 0. The van der Waals surface area contributed by atoms with E-state index >= 15 is 0 Å². The summed E-state index contributed by atoms with van der Waals surface area (Å²) in [6, 6.07) is 5.94. The van der Waals surface area contributed by atoms with E-state index in [9.17, 15) is 13.6 Å². The van der Waals surface area contributed by atoms with E-state index in [2.05, 4.69) is 28.5 Å². The number of hydrogen-bond acceptors (Lipinski definition) is 4. The molecule has 2 aliphatic heterocycles. The number of allylic oxidation sites excluding steroid dienone is 2. The zero-order valence-corrected chi connectivity index (χ0v) is 19.5. The lowest BCUT2D eigenvalue weighted by molar-refractivity contribution is -0.436. The Morgan fingerprint density at radius 3 is 3.00 bits per heavy atom. The number of halogens is 2. The molecular weight excluding hydrogens is 456 g/mol. The van der Waals surface area contributed by atoms with Crippen molar-refractivity contribution in [2.24, 2.45) is 0 Å². The first-order valence-corrected chi connectivity index (χ1v) is 12.0. The van der Waals surface area contributed by atoms with Gasteiger partial charge in [-0.3, -0.25) is 4.79 Å². The summed E-state index contributed by atoms with van der Waals surface area (Å²) in [6.07, 6.45) is 7.24. The maximum absolute atomic E-state index is 14.5. The number of nitrogens with zero attached hydrogens (tertiary/aromatic N) is 5. The van der Waals surface area contributed by atoms with Gasteiger partial charge in [0.15, 0.2) is 12.7 Å². The molecular formula is C25H24F2N5OS+. The summed E-state index contributed by atoms with van der Waals surface area (Å²) < 4.78 is 31.9. The fraction of sp³-hybridized carbons (Fsp3) is 0.280. The molecule has 2 aliphatic rings. The van der Waals surface area contributed by atoms with Gasteiger partial charge in [-0.2, -0.15) is 0 Å². The Hall–Kier alpha value is -3.46. The van der Waals surface area contributed by atoms with E-state index in [1.807, 2.05) is 22.9 Å². The minimum atomic E-state index is -1.26. The molecule has 0 radical (unpaired) electrons. The van der Waals surface area contributed by atoms with Crippen molar-refractivity contribution in [3.63, 3.8) is 0 Å². The maximum Gasteiger partial charge on any atom is 0.252 e. The summed E-state index contributed by atoms with van der Waals surface area (Å²) in [5.41, 5.74) is 3.70. The lowest BCUT2D eigenvalue weighted by Gasteiger charge is -2.26. The third kappa shape index (κ3) is 4.23. The minimum Gasteiger partial charge on any atom is -0.307 e. The van der Waals surface area contributed by atoms with Crippen molar-refractivity contribution in [1.29, 1.82) is 0 Å². The quantitative estimate of drug-likeness (QED) is 0.500. The SMILES string of the molecule is C=[N+]1C=CC(c2csc(-c3cn(C4CCc5c(F)cccc5N(CC(C)F)C4=O)nn3)c2)=CC1. The van der Waals surface area contributed by atoms with Crippen molar-refractivity contribution < 1.29 is 18.2 Å². The molecule has 2 unspecified atom stereocenters. The van der Waals surface area contributed by atoms with E-state index in [0.29, 0.717) is 29.8 Å². The smallest absolute Gasteiger partial charge is 0.252 e. The number of alkyl halides is 1. The lowest BCUT2D eigenvalue weighted by atomic mass is 10.1. The molecule has 0 aliphatic carbocycles. The number of amides is 1. The normalized spacial score (nSPS) is 19.1. The number of anilines is 1. The highest BCUT2D eigenvalue weighted by Crippen LogP contribution is 2.35. The molecule has 0 saturated heterocycles. The second kappa shape index (κ2) is 9.06. The molecule has 2 atom stereocenters. The number of carbonyl (C=O) groups is 1. The van der Waals surface area contributed by atoms with Crippen LogP contribution < -0.4 is 4.90 Å². The van der Waals surface area contributed by atoms with Crippen LogP contribution in [0.15, 0.2) is 54.2 Å². The average Bonchev–Trinajstić information content (AvgIpc) is 3.46. The maximum atomic E-state index is 14.5. The molecule has 2 aromatic heterocycles. The summed E-state index contributed by atoms with van der Waals surface area (Å²) in [7, 11) is 0. The molecule has 1 aromatic carbocycles. The molecule has 0 fully saturated rings. The number of rotatable bonds is 5. The van der Waals surface area contributed by atoms with Crippen molar-refractivity contribution in [2.45, 2.75) is 32.0 Å². The zero-order chi connectivity index (χ0) is 23.8. The van der Waals surface area contributed by atoms with Crippen LogP contribution in [0.25, 0.3) is 16.1 Å². The number of benzene rings is 1. The molecule has 0 bridgehead atoms. The van der Waals surface area contributed by atoms with E-state index in [4.69, 9.17) is 0 Å². The van der Waals surface area contributed by atoms with Crippen LogP contribution in [-0.4, -0.2) is 51.5 Å². The predicted octanol–water partition coefficient (Wildman–Crippen LogP) is 4.65. The molecule has 0 spiro atoms. The summed E-state index contributed by atoms with van der Waals surface area (Å²) in [6.45, 7) is 5.88. The van der Waals surface area contributed by atoms with E-state index in [0.717, 1.165) is 22.6 Å². The molecule has 5 rings (SSSR count). The van der Waals surface area contributed by atoms with Gasteiger partial charge in [0.05, 0.1) is 17.6 Å². The Balaban J connectivity index is 1.43. The highest BCUT2D eigenvalue weighted by atomic mass is 32.1. The number of aromatic nitrogens is 3. The first-order valence-electron chi connectivity index (χ1n) is 11.1. The summed E-state index contributed by atoms with van der Waals surface area (Å²) in [4.78, 5) is 15.7. The van der Waals surface area contributed by atoms with Crippen LogP contribution in [0.1, 0.15) is 30.5 Å². The lowest BCUT2D eigenvalue weighted by Crippen LogP contribution is -2.40. The molecule has 9 heteroatoms. The Morgan fingerprint density at radius 2 is 2.24 bits per heavy atom. The molecule has 0 N–H and O–H groups in total. The van der Waals surface area contributed by atoms with Crippen molar-refractivity contribution in [3.05, 3.63) is 71.1 Å². The summed E-state index contributed by atoms with van der Waals surface area (Å²) in [5.74, 6) is -0.701. The van der Waals surface area contributed by atoms with Gasteiger partial charge in [0.25, 0.3) is 5.91 Å². The fourth-order valence-corrected chi connectivity index (χ4v) is 5.21. The average molecular weight is 481 g/mol. The van der Waals surface area contributed by atoms with Crippen LogP contribution in [0.4, 0.5) is 14.5 Å².